The van der Waals surface area contributed by atoms with Crippen LogP contribution in [0.25, 0.3) is 0 Å². The zero-order valence-electron chi connectivity index (χ0n) is 9.68. The Morgan fingerprint density at radius 1 is 1.19 bits per heavy atom. The highest BCUT2D eigenvalue weighted by molar-refractivity contribution is 8.27. The van der Waals surface area contributed by atoms with Crippen LogP contribution in [0.3, 0.4) is 0 Å². The lowest BCUT2D eigenvalue weighted by atomic mass is 10.1. The van der Waals surface area contributed by atoms with E-state index in [1.807, 2.05) is 24.3 Å². The lowest BCUT2D eigenvalue weighted by Gasteiger charge is -2.16. The Hall–Kier alpha value is -0.240. The van der Waals surface area contributed by atoms with Crippen molar-refractivity contribution in [3.63, 3.8) is 0 Å². The van der Waals surface area contributed by atoms with Crippen molar-refractivity contribution in [1.82, 2.24) is 0 Å². The number of ether oxygens (including phenoxy) is 1. The van der Waals surface area contributed by atoms with E-state index in [1.54, 1.807) is 0 Å². The van der Waals surface area contributed by atoms with E-state index in [2.05, 4.69) is 13.8 Å². The molecule has 0 aliphatic rings. The van der Waals surface area contributed by atoms with Crippen LogP contribution in [-0.4, -0.2) is 6.10 Å². The minimum Gasteiger partial charge on any atom is -0.490 e. The summed E-state index contributed by atoms with van der Waals surface area (Å²) in [7, 11) is 0. The maximum absolute atomic E-state index is 5.88. The standard InChI is InChI=1S/C12H17OPS2/c1-3-5-10(4-2)13-11-6-8-12(9-7-11)14(15)16/h6-10H,3-5H2,1-2H3. The van der Waals surface area contributed by atoms with Crippen molar-refractivity contribution in [2.75, 3.05) is 0 Å². The second-order valence-electron chi connectivity index (χ2n) is 3.69. The van der Waals surface area contributed by atoms with Crippen LogP contribution in [0.1, 0.15) is 33.1 Å². The Labute approximate surface area is 108 Å². The minimum absolute atomic E-state index is 0.323. The molecule has 0 heterocycles. The Morgan fingerprint density at radius 3 is 2.25 bits per heavy atom. The fourth-order valence-electron chi connectivity index (χ4n) is 1.51. The van der Waals surface area contributed by atoms with E-state index >= 15 is 0 Å². The fraction of sp³-hybridized carbons (Fsp3) is 0.500. The van der Waals surface area contributed by atoms with Gasteiger partial charge in [0.05, 0.1) is 6.10 Å². The van der Waals surface area contributed by atoms with Gasteiger partial charge in [0, 0.05) is 10.8 Å². The second-order valence-corrected chi connectivity index (χ2v) is 7.60. The lowest BCUT2D eigenvalue weighted by Crippen LogP contribution is -2.14. The predicted molar refractivity (Wildman–Crippen MR) is 77.3 cm³/mol. The average Bonchev–Trinajstić information content (AvgIpc) is 2.29. The van der Waals surface area contributed by atoms with Gasteiger partial charge in [-0.2, -0.15) is 0 Å². The van der Waals surface area contributed by atoms with Crippen LogP contribution in [0, 0.1) is 0 Å². The van der Waals surface area contributed by atoms with Gasteiger partial charge in [-0.3, -0.25) is 0 Å². The van der Waals surface area contributed by atoms with Crippen LogP contribution < -0.4 is 10.0 Å². The first-order valence-corrected chi connectivity index (χ1v) is 8.95. The Morgan fingerprint density at radius 2 is 1.81 bits per heavy atom. The molecule has 16 heavy (non-hydrogen) atoms. The quantitative estimate of drug-likeness (QED) is 0.731. The first-order chi connectivity index (χ1) is 7.67. The molecule has 4 heteroatoms. The third-order valence-electron chi connectivity index (χ3n) is 2.42. The molecule has 1 rings (SSSR count). The van der Waals surface area contributed by atoms with Crippen LogP contribution in [0.5, 0.6) is 5.75 Å². The Kier molecular flexibility index (Phi) is 6.18. The molecule has 0 aliphatic carbocycles. The summed E-state index contributed by atoms with van der Waals surface area (Å²) >= 11 is 10.2. The molecule has 0 amide bonds. The number of hydrogen-bond donors (Lipinski definition) is 0. The summed E-state index contributed by atoms with van der Waals surface area (Å²) in [5.41, 5.74) is -0.828. The summed E-state index contributed by atoms with van der Waals surface area (Å²) in [4.78, 5) is 0. The second kappa shape index (κ2) is 7.16. The molecule has 0 saturated carbocycles. The SMILES string of the molecule is CCCC(CC)Oc1ccc(P(=S)=S)cc1. The van der Waals surface area contributed by atoms with Gasteiger partial charge in [-0.15, -0.1) is 0 Å². The first-order valence-electron chi connectivity index (χ1n) is 5.58. The van der Waals surface area contributed by atoms with Crippen molar-refractivity contribution in [3.05, 3.63) is 24.3 Å². The highest BCUT2D eigenvalue weighted by Gasteiger charge is 2.06. The van der Waals surface area contributed by atoms with Crippen molar-refractivity contribution in [2.45, 2.75) is 39.2 Å². The van der Waals surface area contributed by atoms with E-state index in [-0.39, 0.29) is 0 Å². The summed E-state index contributed by atoms with van der Waals surface area (Å²) < 4.78 is 5.88. The molecule has 0 bridgehead atoms. The molecule has 1 aromatic rings. The van der Waals surface area contributed by atoms with Gasteiger partial charge in [-0.1, -0.05) is 20.3 Å². The normalized spacial score (nSPS) is 12.1. The van der Waals surface area contributed by atoms with Crippen LogP contribution in [0.4, 0.5) is 0 Å². The molecule has 1 unspecified atom stereocenters. The molecule has 0 aliphatic heterocycles. The van der Waals surface area contributed by atoms with Crippen LogP contribution >= 0.6 is 5.47 Å². The van der Waals surface area contributed by atoms with Crippen LogP contribution in [0.15, 0.2) is 24.3 Å². The highest BCUT2D eigenvalue weighted by Crippen LogP contribution is 2.16. The lowest BCUT2D eigenvalue weighted by molar-refractivity contribution is 0.186. The molecular weight excluding hydrogens is 255 g/mol. The predicted octanol–water partition coefficient (Wildman–Crippen LogP) is 3.68. The largest absolute Gasteiger partial charge is 0.490 e. The monoisotopic (exact) mass is 272 g/mol. The molecule has 0 aromatic heterocycles. The maximum atomic E-state index is 5.88. The maximum Gasteiger partial charge on any atom is 0.119 e. The average molecular weight is 272 g/mol. The zero-order chi connectivity index (χ0) is 12.0. The third kappa shape index (κ3) is 4.32. The summed E-state index contributed by atoms with van der Waals surface area (Å²) in [6.07, 6.45) is 3.63. The van der Waals surface area contributed by atoms with Crippen molar-refractivity contribution in [2.24, 2.45) is 0 Å². The van der Waals surface area contributed by atoms with Gasteiger partial charge >= 0.3 is 0 Å². The molecule has 88 valence electrons. The van der Waals surface area contributed by atoms with Gasteiger partial charge in [-0.25, -0.2) is 0 Å². The molecule has 0 radical (unpaired) electrons. The van der Waals surface area contributed by atoms with E-state index < -0.39 is 5.47 Å². The fourth-order valence-corrected chi connectivity index (χ4v) is 2.63. The highest BCUT2D eigenvalue weighted by atomic mass is 32.7. The van der Waals surface area contributed by atoms with Crippen molar-refractivity contribution in [1.29, 1.82) is 0 Å². The smallest absolute Gasteiger partial charge is 0.119 e. The number of rotatable bonds is 6. The molecule has 1 atom stereocenters. The summed E-state index contributed by atoms with van der Waals surface area (Å²) in [6, 6.07) is 7.92. The van der Waals surface area contributed by atoms with Crippen molar-refractivity contribution >= 4 is 34.4 Å². The van der Waals surface area contributed by atoms with E-state index in [0.29, 0.717) is 6.10 Å². The minimum atomic E-state index is -0.828. The first kappa shape index (κ1) is 13.8. The van der Waals surface area contributed by atoms with Gasteiger partial charge < -0.3 is 4.74 Å². The molecule has 1 nitrogen and oxygen atoms in total. The summed E-state index contributed by atoms with van der Waals surface area (Å²) in [6.45, 7) is 4.33. The zero-order valence-corrected chi connectivity index (χ0v) is 12.2. The number of hydrogen-bond acceptors (Lipinski definition) is 3. The molecule has 1 aromatic carbocycles. The molecule has 0 spiro atoms. The van der Waals surface area contributed by atoms with Gasteiger partial charge in [-0.05, 0) is 60.7 Å². The van der Waals surface area contributed by atoms with Gasteiger partial charge in [0.25, 0.3) is 0 Å². The van der Waals surface area contributed by atoms with Gasteiger partial charge in [0.15, 0.2) is 0 Å². The van der Waals surface area contributed by atoms with E-state index in [4.69, 9.17) is 28.4 Å². The topological polar surface area (TPSA) is 9.23 Å². The van der Waals surface area contributed by atoms with E-state index in [9.17, 15) is 0 Å². The van der Waals surface area contributed by atoms with E-state index in [0.717, 1.165) is 30.3 Å². The third-order valence-corrected chi connectivity index (χ3v) is 4.40. The molecule has 0 N–H and O–H groups in total. The molecule has 0 fully saturated rings. The van der Waals surface area contributed by atoms with Gasteiger partial charge in [0.1, 0.15) is 5.75 Å². The number of benzene rings is 1. The summed E-state index contributed by atoms with van der Waals surface area (Å²) in [5.74, 6) is 0.922. The molecule has 0 saturated heterocycles. The molecular formula is C12H17OPS2. The van der Waals surface area contributed by atoms with Crippen LogP contribution in [-0.2, 0) is 23.6 Å². The summed E-state index contributed by atoms with van der Waals surface area (Å²) in [5, 5.41) is 1.07. The van der Waals surface area contributed by atoms with Crippen LogP contribution in [0.2, 0.25) is 0 Å². The van der Waals surface area contributed by atoms with Crippen molar-refractivity contribution in [3.8, 4) is 5.75 Å². The Balaban J connectivity index is 2.67. The van der Waals surface area contributed by atoms with Gasteiger partial charge in [0.2, 0.25) is 0 Å². The Bertz CT molecular complexity index is 377. The van der Waals surface area contributed by atoms with Crippen molar-refractivity contribution < 1.29 is 4.74 Å². The van der Waals surface area contributed by atoms with E-state index in [1.165, 1.54) is 0 Å².